The molecule has 0 spiro atoms. The van der Waals surface area contributed by atoms with E-state index >= 15 is 0 Å². The molecule has 0 aromatic rings. The Morgan fingerprint density at radius 1 is 1.35 bits per heavy atom. The summed E-state index contributed by atoms with van der Waals surface area (Å²) in [5.74, 6) is 0.872. The van der Waals surface area contributed by atoms with Crippen molar-refractivity contribution in [2.24, 2.45) is 17.8 Å². The smallest absolute Gasteiger partial charge is 0.330 e. The average Bonchev–Trinajstić information content (AvgIpc) is 3.09. The molecule has 1 amide bonds. The van der Waals surface area contributed by atoms with E-state index < -0.39 is 6.04 Å². The Hall–Kier alpha value is -1.36. The van der Waals surface area contributed by atoms with E-state index in [9.17, 15) is 9.59 Å². The molecular formula is C15H22N2O3. The fourth-order valence-corrected chi connectivity index (χ4v) is 3.69. The Morgan fingerprint density at radius 2 is 2.20 bits per heavy atom. The van der Waals surface area contributed by atoms with E-state index in [1.165, 1.54) is 0 Å². The van der Waals surface area contributed by atoms with Crippen LogP contribution in [0.2, 0.25) is 0 Å². The van der Waals surface area contributed by atoms with Gasteiger partial charge in [0.2, 0.25) is 5.91 Å². The lowest BCUT2D eigenvalue weighted by molar-refractivity contribution is -0.157. The lowest BCUT2D eigenvalue weighted by Crippen LogP contribution is -2.58. The quantitative estimate of drug-likeness (QED) is 0.605. The van der Waals surface area contributed by atoms with Crippen LogP contribution in [-0.2, 0) is 14.3 Å². The van der Waals surface area contributed by atoms with Crippen LogP contribution < -0.4 is 5.32 Å². The minimum absolute atomic E-state index is 0.0695. The summed E-state index contributed by atoms with van der Waals surface area (Å²) < 4.78 is 5.10. The number of amides is 1. The van der Waals surface area contributed by atoms with E-state index in [1.807, 2.05) is 0 Å². The molecular weight excluding hydrogens is 256 g/mol. The first-order chi connectivity index (χ1) is 9.70. The van der Waals surface area contributed by atoms with E-state index in [-0.39, 0.29) is 17.8 Å². The van der Waals surface area contributed by atoms with Gasteiger partial charge in [0, 0.05) is 25.6 Å². The van der Waals surface area contributed by atoms with Crippen LogP contribution in [0.3, 0.4) is 0 Å². The molecule has 3 rings (SSSR count). The van der Waals surface area contributed by atoms with E-state index in [0.29, 0.717) is 31.5 Å². The topological polar surface area (TPSA) is 58.6 Å². The third kappa shape index (κ3) is 2.35. The zero-order valence-corrected chi connectivity index (χ0v) is 11.9. The highest BCUT2D eigenvalue weighted by Crippen LogP contribution is 2.44. The van der Waals surface area contributed by atoms with Gasteiger partial charge in [0.05, 0.1) is 6.61 Å². The molecule has 1 saturated heterocycles. The molecule has 110 valence electrons. The lowest BCUT2D eigenvalue weighted by Gasteiger charge is -2.37. The largest absolute Gasteiger partial charge is 0.464 e. The Kier molecular flexibility index (Phi) is 3.78. The maximum Gasteiger partial charge on any atom is 0.330 e. The molecule has 5 heteroatoms. The first-order valence-electron chi connectivity index (χ1n) is 7.57. The Morgan fingerprint density at radius 3 is 2.85 bits per heavy atom. The monoisotopic (exact) mass is 278 g/mol. The molecule has 2 bridgehead atoms. The molecule has 4 atom stereocenters. The summed E-state index contributed by atoms with van der Waals surface area (Å²) >= 11 is 0. The minimum Gasteiger partial charge on any atom is -0.464 e. The molecule has 1 saturated carbocycles. The fourth-order valence-electron chi connectivity index (χ4n) is 3.69. The zero-order valence-electron chi connectivity index (χ0n) is 11.9. The molecule has 1 heterocycles. The fraction of sp³-hybridized carbons (Fsp3) is 0.733. The number of fused-ring (bicyclic) bond motifs is 2. The first-order valence-corrected chi connectivity index (χ1v) is 7.57. The Bertz CT molecular complexity index is 435. The van der Waals surface area contributed by atoms with Crippen LogP contribution in [0.5, 0.6) is 0 Å². The van der Waals surface area contributed by atoms with E-state index in [4.69, 9.17) is 4.74 Å². The van der Waals surface area contributed by atoms with Crippen molar-refractivity contribution in [2.75, 3.05) is 26.2 Å². The second kappa shape index (κ2) is 5.56. The summed E-state index contributed by atoms with van der Waals surface area (Å²) in [5.41, 5.74) is 0. The highest BCUT2D eigenvalue weighted by Gasteiger charge is 2.44. The SMILES string of the molecule is CCOC(=O)C1CNCCN1C(=O)C1CC2C=CC1C2. The average molecular weight is 278 g/mol. The third-order valence-corrected chi connectivity index (χ3v) is 4.68. The van der Waals surface area contributed by atoms with Gasteiger partial charge >= 0.3 is 5.97 Å². The van der Waals surface area contributed by atoms with Gasteiger partial charge < -0.3 is 15.0 Å². The van der Waals surface area contributed by atoms with Crippen LogP contribution in [0.4, 0.5) is 0 Å². The summed E-state index contributed by atoms with van der Waals surface area (Å²) in [6.45, 7) is 3.99. The Balaban J connectivity index is 1.71. The van der Waals surface area contributed by atoms with Crippen molar-refractivity contribution in [3.8, 4) is 0 Å². The Labute approximate surface area is 119 Å². The van der Waals surface area contributed by atoms with Crippen molar-refractivity contribution < 1.29 is 14.3 Å². The van der Waals surface area contributed by atoms with Crippen molar-refractivity contribution in [2.45, 2.75) is 25.8 Å². The highest BCUT2D eigenvalue weighted by molar-refractivity contribution is 5.87. The lowest BCUT2D eigenvalue weighted by atomic mass is 9.91. The molecule has 5 nitrogen and oxygen atoms in total. The second-order valence-electron chi connectivity index (χ2n) is 5.89. The molecule has 0 aromatic carbocycles. The number of hydrogen-bond acceptors (Lipinski definition) is 4. The van der Waals surface area contributed by atoms with Crippen molar-refractivity contribution in [3.63, 3.8) is 0 Å². The first kappa shape index (κ1) is 13.6. The van der Waals surface area contributed by atoms with Gasteiger partial charge in [0.15, 0.2) is 0 Å². The number of carbonyl (C=O) groups is 2. The molecule has 0 aromatic heterocycles. The van der Waals surface area contributed by atoms with Crippen LogP contribution in [0.25, 0.3) is 0 Å². The van der Waals surface area contributed by atoms with Gasteiger partial charge in [0.1, 0.15) is 6.04 Å². The number of nitrogens with one attached hydrogen (secondary N) is 1. The number of esters is 1. The molecule has 4 unspecified atom stereocenters. The van der Waals surface area contributed by atoms with Gasteiger partial charge in [-0.15, -0.1) is 0 Å². The number of rotatable bonds is 3. The number of hydrogen-bond donors (Lipinski definition) is 1. The zero-order chi connectivity index (χ0) is 14.1. The normalized spacial score (nSPS) is 35.4. The van der Waals surface area contributed by atoms with Crippen LogP contribution in [-0.4, -0.2) is 49.1 Å². The molecule has 3 aliphatic rings. The second-order valence-corrected chi connectivity index (χ2v) is 5.89. The van der Waals surface area contributed by atoms with Crippen LogP contribution in [0, 0.1) is 17.8 Å². The highest BCUT2D eigenvalue weighted by atomic mass is 16.5. The van der Waals surface area contributed by atoms with E-state index in [1.54, 1.807) is 11.8 Å². The van der Waals surface area contributed by atoms with Crippen LogP contribution in [0.15, 0.2) is 12.2 Å². The predicted octanol–water partition coefficient (Wildman–Crippen LogP) is 0.562. The number of carbonyl (C=O) groups excluding carboxylic acids is 2. The van der Waals surface area contributed by atoms with Gasteiger partial charge in [-0.25, -0.2) is 4.79 Å². The standard InChI is InChI=1S/C15H22N2O3/c1-2-20-15(19)13-9-16-5-6-17(13)14(18)12-8-10-3-4-11(12)7-10/h3-4,10-13,16H,2,5-9H2,1H3. The van der Waals surface area contributed by atoms with Gasteiger partial charge in [-0.1, -0.05) is 12.2 Å². The van der Waals surface area contributed by atoms with Gasteiger partial charge in [-0.2, -0.15) is 0 Å². The molecule has 2 fully saturated rings. The summed E-state index contributed by atoms with van der Waals surface area (Å²) in [5, 5.41) is 3.17. The van der Waals surface area contributed by atoms with E-state index in [0.717, 1.165) is 19.4 Å². The number of allylic oxidation sites excluding steroid dienone is 2. The van der Waals surface area contributed by atoms with Crippen molar-refractivity contribution in [1.29, 1.82) is 0 Å². The summed E-state index contributed by atoms with van der Waals surface area (Å²) in [4.78, 5) is 26.5. The summed E-state index contributed by atoms with van der Waals surface area (Å²) in [6, 6.07) is -0.459. The predicted molar refractivity (Wildman–Crippen MR) is 73.8 cm³/mol. The van der Waals surface area contributed by atoms with Gasteiger partial charge in [0.25, 0.3) is 0 Å². The maximum absolute atomic E-state index is 12.8. The number of ether oxygens (including phenoxy) is 1. The molecule has 2 aliphatic carbocycles. The van der Waals surface area contributed by atoms with E-state index in [2.05, 4.69) is 17.5 Å². The molecule has 20 heavy (non-hydrogen) atoms. The molecule has 0 radical (unpaired) electrons. The maximum atomic E-state index is 12.8. The number of nitrogens with zero attached hydrogens (tertiary/aromatic N) is 1. The van der Waals surface area contributed by atoms with Crippen LogP contribution >= 0.6 is 0 Å². The molecule has 1 N–H and O–H groups in total. The third-order valence-electron chi connectivity index (χ3n) is 4.68. The molecule has 1 aliphatic heterocycles. The van der Waals surface area contributed by atoms with Gasteiger partial charge in [-0.3, -0.25) is 4.79 Å². The number of piperazine rings is 1. The summed E-state index contributed by atoms with van der Waals surface area (Å²) in [6.07, 6.45) is 6.46. The summed E-state index contributed by atoms with van der Waals surface area (Å²) in [7, 11) is 0. The van der Waals surface area contributed by atoms with Crippen LogP contribution in [0.1, 0.15) is 19.8 Å². The van der Waals surface area contributed by atoms with Crippen molar-refractivity contribution >= 4 is 11.9 Å². The van der Waals surface area contributed by atoms with Crippen molar-refractivity contribution in [1.82, 2.24) is 10.2 Å². The minimum atomic E-state index is -0.459. The van der Waals surface area contributed by atoms with Gasteiger partial charge in [-0.05, 0) is 31.6 Å². The van der Waals surface area contributed by atoms with Crippen molar-refractivity contribution in [3.05, 3.63) is 12.2 Å².